The van der Waals surface area contributed by atoms with E-state index < -0.39 is 0 Å². The molecule has 0 saturated heterocycles. The lowest BCUT2D eigenvalue weighted by Crippen LogP contribution is -2.00. The zero-order chi connectivity index (χ0) is 7.40. The Morgan fingerprint density at radius 2 is 2.60 bits per heavy atom. The number of H-pyrrole nitrogens is 1. The van der Waals surface area contributed by atoms with Gasteiger partial charge in [0.05, 0.1) is 6.61 Å². The largest absolute Gasteiger partial charge is 0.395 e. The van der Waals surface area contributed by atoms with Crippen LogP contribution in [0.2, 0.25) is 0 Å². The molecule has 0 spiro atoms. The first-order valence-corrected chi connectivity index (χ1v) is 4.11. The smallest absolute Gasteiger partial charge is 0.0550 e. The van der Waals surface area contributed by atoms with Crippen molar-refractivity contribution >= 4 is 11.8 Å². The average Bonchev–Trinajstić information content (AvgIpc) is 2.40. The van der Waals surface area contributed by atoms with E-state index in [0.29, 0.717) is 0 Å². The van der Waals surface area contributed by atoms with Crippen molar-refractivity contribution in [3.8, 4) is 0 Å². The number of hydrogen-bond donors (Lipinski definition) is 2. The first-order valence-electron chi connectivity index (χ1n) is 3.23. The van der Waals surface area contributed by atoms with Crippen LogP contribution in [-0.4, -0.2) is 21.9 Å². The number of aliphatic hydroxyl groups excluding tert-OH is 1. The lowest BCUT2D eigenvalue weighted by molar-refractivity contribution is 0.300. The molecule has 1 aromatic heterocycles. The quantitative estimate of drug-likeness (QED) is 0.652. The molecule has 10 heavy (non-hydrogen) atoms. The molecule has 1 heterocycles. The Morgan fingerprint density at radius 1 is 1.80 bits per heavy atom. The van der Waals surface area contributed by atoms with Crippen LogP contribution in [0, 0.1) is 0 Å². The van der Waals surface area contributed by atoms with E-state index in [4.69, 9.17) is 5.11 Å². The Balaban J connectivity index is 2.40. The molecule has 0 bridgehead atoms. The summed E-state index contributed by atoms with van der Waals surface area (Å²) in [5.74, 6) is 0. The molecule has 0 aromatic carbocycles. The van der Waals surface area contributed by atoms with Gasteiger partial charge < -0.3 is 10.1 Å². The molecule has 0 aliphatic heterocycles. The van der Waals surface area contributed by atoms with E-state index in [-0.39, 0.29) is 11.9 Å². The number of rotatable bonds is 3. The van der Waals surface area contributed by atoms with E-state index in [1.165, 1.54) is 4.90 Å². The number of aromatic amines is 1. The van der Waals surface area contributed by atoms with Crippen LogP contribution < -0.4 is 0 Å². The highest BCUT2D eigenvalue weighted by Gasteiger charge is 2.01. The van der Waals surface area contributed by atoms with Crippen LogP contribution in [0.5, 0.6) is 0 Å². The third kappa shape index (κ3) is 2.08. The fraction of sp³-hybridized carbons (Fsp3) is 0.429. The number of aromatic nitrogens is 1. The molecule has 1 atom stereocenters. The molecule has 0 saturated carbocycles. The minimum Gasteiger partial charge on any atom is -0.395 e. The zero-order valence-corrected chi connectivity index (χ0v) is 6.69. The summed E-state index contributed by atoms with van der Waals surface area (Å²) in [6, 6.07) is 2.00. The second-order valence-electron chi connectivity index (χ2n) is 2.16. The van der Waals surface area contributed by atoms with Gasteiger partial charge in [0.2, 0.25) is 0 Å². The van der Waals surface area contributed by atoms with Crippen molar-refractivity contribution in [1.29, 1.82) is 0 Å². The highest BCUT2D eigenvalue weighted by atomic mass is 32.2. The van der Waals surface area contributed by atoms with Gasteiger partial charge in [-0.05, 0) is 6.07 Å². The SMILES string of the molecule is CC(CO)Sc1cc[nH]c1. The summed E-state index contributed by atoms with van der Waals surface area (Å²) in [6.07, 6.45) is 3.81. The van der Waals surface area contributed by atoms with Crippen LogP contribution in [0.3, 0.4) is 0 Å². The molecule has 1 unspecified atom stereocenters. The molecule has 1 aromatic rings. The monoisotopic (exact) mass is 157 g/mol. The fourth-order valence-electron chi connectivity index (χ4n) is 0.651. The van der Waals surface area contributed by atoms with Gasteiger partial charge in [0.1, 0.15) is 0 Å². The van der Waals surface area contributed by atoms with E-state index in [1.54, 1.807) is 11.8 Å². The van der Waals surface area contributed by atoms with Crippen molar-refractivity contribution in [2.24, 2.45) is 0 Å². The lowest BCUT2D eigenvalue weighted by atomic mass is 10.5. The van der Waals surface area contributed by atoms with Crippen LogP contribution in [0.25, 0.3) is 0 Å². The molecule has 0 aliphatic rings. The van der Waals surface area contributed by atoms with Crippen LogP contribution >= 0.6 is 11.8 Å². The predicted molar refractivity (Wildman–Crippen MR) is 43.2 cm³/mol. The Morgan fingerprint density at radius 3 is 3.10 bits per heavy atom. The van der Waals surface area contributed by atoms with Crippen molar-refractivity contribution in [2.45, 2.75) is 17.1 Å². The van der Waals surface area contributed by atoms with Gasteiger partial charge in [0, 0.05) is 22.5 Å². The van der Waals surface area contributed by atoms with E-state index in [1.807, 2.05) is 25.4 Å². The molecule has 2 nitrogen and oxygen atoms in total. The zero-order valence-electron chi connectivity index (χ0n) is 5.87. The summed E-state index contributed by atoms with van der Waals surface area (Å²) in [5.41, 5.74) is 0. The van der Waals surface area contributed by atoms with Gasteiger partial charge in [-0.2, -0.15) is 0 Å². The van der Waals surface area contributed by atoms with E-state index in [2.05, 4.69) is 4.98 Å². The molecule has 0 radical (unpaired) electrons. The lowest BCUT2D eigenvalue weighted by Gasteiger charge is -2.03. The number of hydrogen-bond acceptors (Lipinski definition) is 2. The second-order valence-corrected chi connectivity index (χ2v) is 3.67. The molecule has 3 heteroatoms. The van der Waals surface area contributed by atoms with Gasteiger partial charge in [-0.25, -0.2) is 0 Å². The van der Waals surface area contributed by atoms with Crippen molar-refractivity contribution < 1.29 is 5.11 Å². The normalized spacial score (nSPS) is 13.4. The Kier molecular flexibility index (Phi) is 2.83. The van der Waals surface area contributed by atoms with Crippen molar-refractivity contribution in [3.63, 3.8) is 0 Å². The van der Waals surface area contributed by atoms with Gasteiger partial charge in [0.15, 0.2) is 0 Å². The highest BCUT2D eigenvalue weighted by Crippen LogP contribution is 2.21. The molecular weight excluding hydrogens is 146 g/mol. The van der Waals surface area contributed by atoms with Crippen molar-refractivity contribution in [3.05, 3.63) is 18.5 Å². The third-order valence-electron chi connectivity index (χ3n) is 1.16. The Labute approximate surface area is 64.7 Å². The third-order valence-corrected chi connectivity index (χ3v) is 2.24. The molecule has 1 rings (SSSR count). The van der Waals surface area contributed by atoms with E-state index in [9.17, 15) is 0 Å². The minimum absolute atomic E-state index is 0.232. The topological polar surface area (TPSA) is 36.0 Å². The highest BCUT2D eigenvalue weighted by molar-refractivity contribution is 8.00. The van der Waals surface area contributed by atoms with Crippen LogP contribution in [0.1, 0.15) is 6.92 Å². The summed E-state index contributed by atoms with van der Waals surface area (Å²) in [6.45, 7) is 2.23. The van der Waals surface area contributed by atoms with Crippen molar-refractivity contribution in [1.82, 2.24) is 4.98 Å². The maximum absolute atomic E-state index is 8.70. The predicted octanol–water partition coefficient (Wildman–Crippen LogP) is 1.49. The van der Waals surface area contributed by atoms with Gasteiger partial charge in [0.25, 0.3) is 0 Å². The number of aliphatic hydroxyl groups is 1. The standard InChI is InChI=1S/C7H11NOS/c1-6(5-9)10-7-2-3-8-4-7/h2-4,6,8-9H,5H2,1H3. The van der Waals surface area contributed by atoms with E-state index in [0.717, 1.165) is 0 Å². The Bertz CT molecular complexity index is 174. The average molecular weight is 157 g/mol. The van der Waals surface area contributed by atoms with Gasteiger partial charge in [-0.3, -0.25) is 0 Å². The summed E-state index contributed by atoms with van der Waals surface area (Å²) in [7, 11) is 0. The summed E-state index contributed by atoms with van der Waals surface area (Å²) in [4.78, 5) is 4.14. The number of thioether (sulfide) groups is 1. The molecular formula is C7H11NOS. The first-order chi connectivity index (χ1) is 4.83. The van der Waals surface area contributed by atoms with Crippen LogP contribution in [0.15, 0.2) is 23.4 Å². The maximum Gasteiger partial charge on any atom is 0.0550 e. The Hall–Kier alpha value is -0.410. The minimum atomic E-state index is 0.232. The molecule has 0 fully saturated rings. The summed E-state index contributed by atoms with van der Waals surface area (Å²) < 4.78 is 0. The van der Waals surface area contributed by atoms with Gasteiger partial charge >= 0.3 is 0 Å². The fourth-order valence-corrected chi connectivity index (χ4v) is 1.47. The van der Waals surface area contributed by atoms with Gasteiger partial charge in [-0.15, -0.1) is 11.8 Å². The molecule has 56 valence electrons. The van der Waals surface area contributed by atoms with Crippen LogP contribution in [0.4, 0.5) is 0 Å². The van der Waals surface area contributed by atoms with Crippen LogP contribution in [-0.2, 0) is 0 Å². The molecule has 2 N–H and O–H groups in total. The molecule has 0 amide bonds. The maximum atomic E-state index is 8.70. The summed E-state index contributed by atoms with van der Waals surface area (Å²) in [5, 5.41) is 8.99. The van der Waals surface area contributed by atoms with E-state index >= 15 is 0 Å². The number of nitrogens with one attached hydrogen (secondary N) is 1. The summed E-state index contributed by atoms with van der Waals surface area (Å²) >= 11 is 1.67. The molecule has 0 aliphatic carbocycles. The van der Waals surface area contributed by atoms with Gasteiger partial charge in [-0.1, -0.05) is 6.92 Å². The van der Waals surface area contributed by atoms with Crippen molar-refractivity contribution in [2.75, 3.05) is 6.61 Å². The second kappa shape index (κ2) is 3.68. The first kappa shape index (κ1) is 7.69.